The fraction of sp³-hybridized carbons (Fsp3) is 0.300. The van der Waals surface area contributed by atoms with Crippen LogP contribution in [-0.2, 0) is 11.3 Å². The molecular formula is C20H20FN3O3S. The lowest BCUT2D eigenvalue weighted by molar-refractivity contribution is 0.0950. The maximum atomic E-state index is 13.8. The summed E-state index contributed by atoms with van der Waals surface area (Å²) >= 11 is 1.32. The minimum atomic E-state index is -0.344. The Labute approximate surface area is 165 Å². The first-order chi connectivity index (χ1) is 13.7. The first-order valence-electron chi connectivity index (χ1n) is 8.99. The number of nitrogens with one attached hydrogen (secondary N) is 1. The Morgan fingerprint density at radius 3 is 2.82 bits per heavy atom. The number of benzene rings is 2. The Kier molecular flexibility index (Phi) is 5.40. The van der Waals surface area contributed by atoms with Crippen LogP contribution in [0.3, 0.4) is 0 Å². The molecule has 2 aromatic carbocycles. The Morgan fingerprint density at radius 1 is 1.29 bits per heavy atom. The SMILES string of the molecule is COc1ccc(N2CCOCC2)c2sc(C(=O)NCc3ccccc3F)nc12. The van der Waals surface area contributed by atoms with Crippen LogP contribution >= 0.6 is 11.3 Å². The molecule has 1 aliphatic heterocycles. The second-order valence-corrected chi connectivity index (χ2v) is 7.36. The maximum Gasteiger partial charge on any atom is 0.280 e. The Morgan fingerprint density at radius 2 is 2.07 bits per heavy atom. The predicted octanol–water partition coefficient (Wildman–Crippen LogP) is 3.21. The monoisotopic (exact) mass is 401 g/mol. The fourth-order valence-electron chi connectivity index (χ4n) is 3.18. The number of halogens is 1. The molecule has 0 spiro atoms. The number of carbonyl (C=O) groups excluding carboxylic acids is 1. The number of rotatable bonds is 5. The van der Waals surface area contributed by atoms with Gasteiger partial charge in [-0.3, -0.25) is 4.79 Å². The Bertz CT molecular complexity index is 1000. The molecule has 1 amide bonds. The number of fused-ring (bicyclic) bond motifs is 1. The summed E-state index contributed by atoms with van der Waals surface area (Å²) in [5.74, 6) is -0.0563. The van der Waals surface area contributed by atoms with Gasteiger partial charge in [0.1, 0.15) is 17.1 Å². The number of amides is 1. The lowest BCUT2D eigenvalue weighted by atomic mass is 10.2. The fourth-order valence-corrected chi connectivity index (χ4v) is 4.22. The number of hydrogen-bond acceptors (Lipinski definition) is 6. The van der Waals surface area contributed by atoms with Crippen molar-refractivity contribution in [2.45, 2.75) is 6.54 Å². The summed E-state index contributed by atoms with van der Waals surface area (Å²) in [4.78, 5) is 19.4. The van der Waals surface area contributed by atoms with Gasteiger partial charge >= 0.3 is 0 Å². The average molecular weight is 401 g/mol. The molecule has 0 aliphatic carbocycles. The van der Waals surface area contributed by atoms with Crippen LogP contribution in [0.2, 0.25) is 0 Å². The average Bonchev–Trinajstić information content (AvgIpc) is 3.18. The number of hydrogen-bond donors (Lipinski definition) is 1. The van der Waals surface area contributed by atoms with Gasteiger partial charge in [-0.25, -0.2) is 9.37 Å². The van der Waals surface area contributed by atoms with Gasteiger partial charge in [0.2, 0.25) is 0 Å². The van der Waals surface area contributed by atoms with Crippen molar-refractivity contribution in [2.75, 3.05) is 38.3 Å². The van der Waals surface area contributed by atoms with Crippen LogP contribution in [0, 0.1) is 5.82 Å². The molecule has 1 aliphatic rings. The third-order valence-corrected chi connectivity index (χ3v) is 5.73. The number of methoxy groups -OCH3 is 1. The van der Waals surface area contributed by atoms with E-state index in [1.165, 1.54) is 17.4 Å². The summed E-state index contributed by atoms with van der Waals surface area (Å²) in [6, 6.07) is 10.2. The molecule has 1 saturated heterocycles. The highest BCUT2D eigenvalue weighted by Gasteiger charge is 2.21. The van der Waals surface area contributed by atoms with Crippen molar-refractivity contribution in [1.29, 1.82) is 0 Å². The lowest BCUT2D eigenvalue weighted by Crippen LogP contribution is -2.36. The summed E-state index contributed by atoms with van der Waals surface area (Å²) in [5.41, 5.74) is 2.11. The molecular weight excluding hydrogens is 381 g/mol. The van der Waals surface area contributed by atoms with Crippen LogP contribution in [0.1, 0.15) is 15.4 Å². The van der Waals surface area contributed by atoms with E-state index in [-0.39, 0.29) is 18.3 Å². The third kappa shape index (κ3) is 3.65. The molecule has 0 atom stereocenters. The van der Waals surface area contributed by atoms with Crippen molar-refractivity contribution in [1.82, 2.24) is 10.3 Å². The van der Waals surface area contributed by atoms with E-state index in [0.717, 1.165) is 23.5 Å². The number of nitrogens with zero attached hydrogens (tertiary/aromatic N) is 2. The highest BCUT2D eigenvalue weighted by atomic mass is 32.1. The van der Waals surface area contributed by atoms with Gasteiger partial charge in [0.15, 0.2) is 5.01 Å². The van der Waals surface area contributed by atoms with E-state index in [0.29, 0.717) is 35.1 Å². The molecule has 2 heterocycles. The first-order valence-corrected chi connectivity index (χ1v) is 9.81. The maximum absolute atomic E-state index is 13.8. The zero-order valence-corrected chi connectivity index (χ0v) is 16.2. The Balaban J connectivity index is 1.62. The molecule has 1 aromatic heterocycles. The van der Waals surface area contributed by atoms with Crippen molar-refractivity contribution >= 4 is 33.1 Å². The summed E-state index contributed by atoms with van der Waals surface area (Å²) in [6.07, 6.45) is 0. The van der Waals surface area contributed by atoms with E-state index in [4.69, 9.17) is 9.47 Å². The van der Waals surface area contributed by atoms with Gasteiger partial charge in [0.05, 0.1) is 30.7 Å². The van der Waals surface area contributed by atoms with Gasteiger partial charge in [-0.05, 0) is 18.2 Å². The highest BCUT2D eigenvalue weighted by Crippen LogP contribution is 2.37. The van der Waals surface area contributed by atoms with E-state index < -0.39 is 0 Å². The first kappa shape index (κ1) is 18.6. The normalized spacial score (nSPS) is 14.3. The van der Waals surface area contributed by atoms with Crippen LogP contribution in [0.5, 0.6) is 5.75 Å². The predicted molar refractivity (Wildman–Crippen MR) is 107 cm³/mol. The number of carbonyl (C=O) groups is 1. The lowest BCUT2D eigenvalue weighted by Gasteiger charge is -2.29. The van der Waals surface area contributed by atoms with E-state index in [2.05, 4.69) is 15.2 Å². The number of ether oxygens (including phenoxy) is 2. The van der Waals surface area contributed by atoms with Crippen molar-refractivity contribution in [3.8, 4) is 5.75 Å². The van der Waals surface area contributed by atoms with Crippen molar-refractivity contribution in [2.24, 2.45) is 0 Å². The standard InChI is InChI=1S/C20H20FN3O3S/c1-26-16-7-6-15(24-8-10-27-11-9-24)18-17(16)23-20(28-18)19(25)22-12-13-4-2-3-5-14(13)21/h2-7H,8-12H2,1H3,(H,22,25). The molecule has 146 valence electrons. The molecule has 3 aromatic rings. The zero-order chi connectivity index (χ0) is 19.5. The largest absolute Gasteiger partial charge is 0.494 e. The highest BCUT2D eigenvalue weighted by molar-refractivity contribution is 7.21. The Hall–Kier alpha value is -2.71. The molecule has 0 saturated carbocycles. The van der Waals surface area contributed by atoms with Crippen molar-refractivity contribution in [3.05, 3.63) is 52.8 Å². The van der Waals surface area contributed by atoms with Crippen LogP contribution in [0.4, 0.5) is 10.1 Å². The summed E-state index contributed by atoms with van der Waals surface area (Å²) < 4.78 is 25.5. The topological polar surface area (TPSA) is 63.7 Å². The number of thiazole rings is 1. The molecule has 4 rings (SSSR count). The van der Waals surface area contributed by atoms with Gasteiger partial charge < -0.3 is 19.7 Å². The van der Waals surface area contributed by atoms with Gasteiger partial charge in [-0.2, -0.15) is 0 Å². The van der Waals surface area contributed by atoms with Crippen LogP contribution in [0.15, 0.2) is 36.4 Å². The van der Waals surface area contributed by atoms with Crippen molar-refractivity contribution in [3.63, 3.8) is 0 Å². The van der Waals surface area contributed by atoms with Gasteiger partial charge in [-0.15, -0.1) is 11.3 Å². The van der Waals surface area contributed by atoms with Crippen LogP contribution < -0.4 is 15.0 Å². The quantitative estimate of drug-likeness (QED) is 0.711. The molecule has 0 bridgehead atoms. The molecule has 1 fully saturated rings. The smallest absolute Gasteiger partial charge is 0.280 e. The second-order valence-electron chi connectivity index (χ2n) is 6.36. The van der Waals surface area contributed by atoms with Gasteiger partial charge in [-0.1, -0.05) is 18.2 Å². The van der Waals surface area contributed by atoms with Crippen LogP contribution in [0.25, 0.3) is 10.2 Å². The van der Waals surface area contributed by atoms with E-state index in [9.17, 15) is 9.18 Å². The number of aromatic nitrogens is 1. The molecule has 0 radical (unpaired) electrons. The molecule has 8 heteroatoms. The molecule has 28 heavy (non-hydrogen) atoms. The second kappa shape index (κ2) is 8.12. The van der Waals surface area contributed by atoms with E-state index >= 15 is 0 Å². The van der Waals surface area contributed by atoms with E-state index in [1.807, 2.05) is 12.1 Å². The third-order valence-electron chi connectivity index (χ3n) is 4.65. The number of morpholine rings is 1. The van der Waals surface area contributed by atoms with Gasteiger partial charge in [0.25, 0.3) is 5.91 Å². The van der Waals surface area contributed by atoms with Crippen LogP contribution in [-0.4, -0.2) is 44.3 Å². The minimum Gasteiger partial charge on any atom is -0.494 e. The summed E-state index contributed by atoms with van der Waals surface area (Å²) in [5, 5.41) is 3.07. The summed E-state index contributed by atoms with van der Waals surface area (Å²) in [6.45, 7) is 3.02. The zero-order valence-electron chi connectivity index (χ0n) is 15.4. The van der Waals surface area contributed by atoms with Gasteiger partial charge in [0, 0.05) is 25.2 Å². The van der Waals surface area contributed by atoms with Crippen molar-refractivity contribution < 1.29 is 18.7 Å². The number of anilines is 1. The molecule has 1 N–H and O–H groups in total. The summed E-state index contributed by atoms with van der Waals surface area (Å²) in [7, 11) is 1.58. The van der Waals surface area contributed by atoms with E-state index in [1.54, 1.807) is 25.3 Å². The molecule has 6 nitrogen and oxygen atoms in total. The minimum absolute atomic E-state index is 0.106. The molecule has 0 unspecified atom stereocenters.